The predicted molar refractivity (Wildman–Crippen MR) is 56.0 cm³/mol. The van der Waals surface area contributed by atoms with E-state index in [-0.39, 0.29) is 5.82 Å². The SMILES string of the molecule is COc1ccc(F)c2nc(Br)ccc12. The van der Waals surface area contributed by atoms with E-state index in [0.717, 1.165) is 0 Å². The first-order chi connectivity index (χ1) is 6.72. The summed E-state index contributed by atoms with van der Waals surface area (Å²) in [4.78, 5) is 4.05. The molecule has 0 aliphatic heterocycles. The van der Waals surface area contributed by atoms with E-state index >= 15 is 0 Å². The van der Waals surface area contributed by atoms with Gasteiger partial charge in [-0.25, -0.2) is 9.37 Å². The van der Waals surface area contributed by atoms with Crippen LogP contribution < -0.4 is 4.74 Å². The van der Waals surface area contributed by atoms with Crippen molar-refractivity contribution in [3.8, 4) is 5.75 Å². The van der Waals surface area contributed by atoms with Gasteiger partial charge in [0.25, 0.3) is 0 Å². The molecule has 0 fully saturated rings. The Hall–Kier alpha value is -1.16. The van der Waals surface area contributed by atoms with E-state index < -0.39 is 0 Å². The normalized spacial score (nSPS) is 10.5. The number of methoxy groups -OCH3 is 1. The monoisotopic (exact) mass is 255 g/mol. The van der Waals surface area contributed by atoms with Crippen molar-refractivity contribution in [1.29, 1.82) is 0 Å². The summed E-state index contributed by atoms with van der Waals surface area (Å²) in [6.45, 7) is 0. The van der Waals surface area contributed by atoms with Gasteiger partial charge in [-0.15, -0.1) is 0 Å². The molecule has 0 N–H and O–H groups in total. The molecule has 2 nitrogen and oxygen atoms in total. The van der Waals surface area contributed by atoms with Crippen LogP contribution in [0.15, 0.2) is 28.9 Å². The first-order valence-corrected chi connectivity index (χ1v) is 4.80. The van der Waals surface area contributed by atoms with E-state index in [2.05, 4.69) is 20.9 Å². The van der Waals surface area contributed by atoms with Crippen molar-refractivity contribution >= 4 is 26.8 Å². The molecule has 4 heteroatoms. The zero-order valence-corrected chi connectivity index (χ0v) is 9.01. The quantitative estimate of drug-likeness (QED) is 0.731. The minimum absolute atomic E-state index is 0.318. The molecule has 0 saturated heterocycles. The van der Waals surface area contributed by atoms with Gasteiger partial charge in [-0.2, -0.15) is 0 Å². The summed E-state index contributed by atoms with van der Waals surface area (Å²) in [5, 5.41) is 0.677. The largest absolute Gasteiger partial charge is 0.496 e. The number of ether oxygens (including phenoxy) is 1. The van der Waals surface area contributed by atoms with Crippen molar-refractivity contribution in [2.24, 2.45) is 0 Å². The van der Waals surface area contributed by atoms with Gasteiger partial charge in [-0.05, 0) is 40.2 Å². The molecular formula is C10H7BrFNO. The van der Waals surface area contributed by atoms with Crippen LogP contribution in [0.25, 0.3) is 10.9 Å². The number of hydrogen-bond donors (Lipinski definition) is 0. The fourth-order valence-corrected chi connectivity index (χ4v) is 1.62. The lowest BCUT2D eigenvalue weighted by Crippen LogP contribution is -1.90. The molecule has 0 saturated carbocycles. The van der Waals surface area contributed by atoms with Crippen LogP contribution in [0.5, 0.6) is 5.75 Å². The molecule has 14 heavy (non-hydrogen) atoms. The highest BCUT2D eigenvalue weighted by Crippen LogP contribution is 2.27. The molecule has 2 aromatic rings. The Balaban J connectivity index is 2.84. The minimum atomic E-state index is -0.345. The Labute approximate surface area is 88.8 Å². The van der Waals surface area contributed by atoms with E-state index in [0.29, 0.717) is 21.3 Å². The molecule has 0 spiro atoms. The second-order valence-corrected chi connectivity index (χ2v) is 3.59. The Morgan fingerprint density at radius 3 is 2.79 bits per heavy atom. The molecule has 0 amide bonds. The first kappa shape index (κ1) is 9.40. The van der Waals surface area contributed by atoms with Gasteiger partial charge in [0.05, 0.1) is 7.11 Å². The van der Waals surface area contributed by atoms with Crippen molar-refractivity contribution in [1.82, 2.24) is 4.98 Å². The highest BCUT2D eigenvalue weighted by Gasteiger charge is 2.07. The Kier molecular flexibility index (Phi) is 2.37. The minimum Gasteiger partial charge on any atom is -0.496 e. The number of nitrogens with zero attached hydrogens (tertiary/aromatic N) is 1. The second-order valence-electron chi connectivity index (χ2n) is 2.78. The molecule has 72 valence electrons. The van der Waals surface area contributed by atoms with Gasteiger partial charge >= 0.3 is 0 Å². The van der Waals surface area contributed by atoms with Crippen molar-refractivity contribution in [2.45, 2.75) is 0 Å². The van der Waals surface area contributed by atoms with Gasteiger partial charge in [-0.3, -0.25) is 0 Å². The summed E-state index contributed by atoms with van der Waals surface area (Å²) >= 11 is 3.19. The molecule has 0 atom stereocenters. The summed E-state index contributed by atoms with van der Waals surface area (Å²) in [7, 11) is 1.55. The molecule has 1 aromatic heterocycles. The lowest BCUT2D eigenvalue weighted by molar-refractivity contribution is 0.419. The molecule has 0 unspecified atom stereocenters. The van der Waals surface area contributed by atoms with Crippen LogP contribution in [0.1, 0.15) is 0 Å². The zero-order valence-electron chi connectivity index (χ0n) is 7.42. The third-order valence-corrected chi connectivity index (χ3v) is 2.40. The molecule has 1 heterocycles. The smallest absolute Gasteiger partial charge is 0.149 e. The third-order valence-electron chi connectivity index (χ3n) is 1.95. The number of halogens is 2. The van der Waals surface area contributed by atoms with Crippen LogP contribution >= 0.6 is 15.9 Å². The topological polar surface area (TPSA) is 22.1 Å². The maximum absolute atomic E-state index is 13.3. The Bertz CT molecular complexity index is 487. The van der Waals surface area contributed by atoms with Gasteiger partial charge in [0.15, 0.2) is 0 Å². The summed E-state index contributed by atoms with van der Waals surface area (Å²) in [6, 6.07) is 6.46. The number of aromatic nitrogens is 1. The number of benzene rings is 1. The predicted octanol–water partition coefficient (Wildman–Crippen LogP) is 3.15. The van der Waals surface area contributed by atoms with Crippen molar-refractivity contribution in [2.75, 3.05) is 7.11 Å². The molecule has 2 rings (SSSR count). The van der Waals surface area contributed by atoms with Crippen molar-refractivity contribution < 1.29 is 9.13 Å². The lowest BCUT2D eigenvalue weighted by atomic mass is 10.2. The average Bonchev–Trinajstić information content (AvgIpc) is 2.19. The maximum atomic E-state index is 13.3. The third kappa shape index (κ3) is 1.46. The van der Waals surface area contributed by atoms with Crippen molar-refractivity contribution in [3.05, 3.63) is 34.7 Å². The number of pyridine rings is 1. The Morgan fingerprint density at radius 2 is 2.07 bits per heavy atom. The fraction of sp³-hybridized carbons (Fsp3) is 0.100. The van der Waals surface area contributed by atoms with Crippen LogP contribution in [0.4, 0.5) is 4.39 Å². The van der Waals surface area contributed by atoms with E-state index in [1.54, 1.807) is 25.3 Å². The zero-order chi connectivity index (χ0) is 10.1. The number of hydrogen-bond acceptors (Lipinski definition) is 2. The summed E-state index contributed by atoms with van der Waals surface area (Å²) < 4.78 is 19.1. The van der Waals surface area contributed by atoms with E-state index in [1.165, 1.54) is 6.07 Å². The molecule has 1 aromatic carbocycles. The van der Waals surface area contributed by atoms with Crippen LogP contribution in [0.2, 0.25) is 0 Å². The molecule has 0 bridgehead atoms. The highest BCUT2D eigenvalue weighted by molar-refractivity contribution is 9.10. The number of fused-ring (bicyclic) bond motifs is 1. The first-order valence-electron chi connectivity index (χ1n) is 4.01. The summed E-state index contributed by atoms with van der Waals surface area (Å²) in [5.41, 5.74) is 0.318. The van der Waals surface area contributed by atoms with Crippen molar-refractivity contribution in [3.63, 3.8) is 0 Å². The molecule has 0 aliphatic carbocycles. The van der Waals surface area contributed by atoms with Gasteiger partial charge in [0.1, 0.15) is 21.7 Å². The van der Waals surface area contributed by atoms with Crippen LogP contribution in [0.3, 0.4) is 0 Å². The molecular weight excluding hydrogens is 249 g/mol. The Morgan fingerprint density at radius 1 is 1.29 bits per heavy atom. The molecule has 0 aliphatic rings. The maximum Gasteiger partial charge on any atom is 0.149 e. The molecule has 0 radical (unpaired) electrons. The van der Waals surface area contributed by atoms with Crippen LogP contribution in [-0.2, 0) is 0 Å². The van der Waals surface area contributed by atoms with Crippen LogP contribution in [-0.4, -0.2) is 12.1 Å². The van der Waals surface area contributed by atoms with Crippen LogP contribution in [0, 0.1) is 5.82 Å². The van der Waals surface area contributed by atoms with Gasteiger partial charge in [0.2, 0.25) is 0 Å². The van der Waals surface area contributed by atoms with Gasteiger partial charge in [-0.1, -0.05) is 0 Å². The highest BCUT2D eigenvalue weighted by atomic mass is 79.9. The number of rotatable bonds is 1. The van der Waals surface area contributed by atoms with E-state index in [4.69, 9.17) is 4.74 Å². The summed E-state index contributed by atoms with van der Waals surface area (Å²) in [6.07, 6.45) is 0. The standard InChI is InChI=1S/C10H7BrFNO/c1-14-8-4-3-7(12)10-6(8)2-5-9(11)13-10/h2-5H,1H3. The van der Waals surface area contributed by atoms with E-state index in [9.17, 15) is 4.39 Å². The second kappa shape index (κ2) is 3.53. The summed E-state index contributed by atoms with van der Waals surface area (Å²) in [5.74, 6) is 0.281. The van der Waals surface area contributed by atoms with Gasteiger partial charge < -0.3 is 4.74 Å². The van der Waals surface area contributed by atoms with E-state index in [1.807, 2.05) is 0 Å². The van der Waals surface area contributed by atoms with Gasteiger partial charge in [0, 0.05) is 5.39 Å². The lowest BCUT2D eigenvalue weighted by Gasteiger charge is -2.05. The average molecular weight is 256 g/mol. The fourth-order valence-electron chi connectivity index (χ4n) is 1.31.